The molecule has 1 unspecified atom stereocenters. The number of nitrogens with one attached hydrogen (secondary N) is 2. The van der Waals surface area contributed by atoms with Crippen LogP contribution in [0.25, 0.3) is 0 Å². The number of ketones is 1. The van der Waals surface area contributed by atoms with Gasteiger partial charge in [-0.2, -0.15) is 4.90 Å². The second kappa shape index (κ2) is 10.8. The first-order valence-corrected chi connectivity index (χ1v) is 13.8. The zero-order valence-corrected chi connectivity index (χ0v) is 25.0. The largest absolute Gasteiger partial charge is 0.490 e. The highest BCUT2D eigenvalue weighted by Crippen LogP contribution is 2.47. The van der Waals surface area contributed by atoms with Crippen molar-refractivity contribution < 1.29 is 33.4 Å². The molecule has 0 bridgehead atoms. The first-order valence-electron chi connectivity index (χ1n) is 13.8. The highest BCUT2D eigenvalue weighted by Gasteiger charge is 2.55. The summed E-state index contributed by atoms with van der Waals surface area (Å²) in [6.45, 7) is 11.8. The summed E-state index contributed by atoms with van der Waals surface area (Å²) in [4.78, 5) is 62.4. The Morgan fingerprint density at radius 3 is 2.12 bits per heavy atom. The Hall–Kier alpha value is -3.96. The molecule has 3 aliphatic rings. The normalized spacial score (nSPS) is 20.2. The van der Waals surface area contributed by atoms with E-state index in [1.165, 1.54) is 7.11 Å². The van der Waals surface area contributed by atoms with Crippen LogP contribution < -0.4 is 20.3 Å². The van der Waals surface area contributed by atoms with Gasteiger partial charge in [0.1, 0.15) is 17.5 Å². The lowest BCUT2D eigenvalue weighted by Gasteiger charge is -2.39. The van der Waals surface area contributed by atoms with E-state index >= 15 is 0 Å². The number of carbonyl (C=O) groups excluding carboxylic acids is 4. The second-order valence-corrected chi connectivity index (χ2v) is 12.6. The Morgan fingerprint density at radius 1 is 1.00 bits per heavy atom. The number of fused-ring (bicyclic) bond motifs is 2. The number of amides is 3. The molecule has 2 heterocycles. The molecule has 4 rings (SSSR count). The van der Waals surface area contributed by atoms with Crippen LogP contribution in [-0.2, 0) is 19.1 Å². The molecule has 1 spiro atoms. The number of hydrogen-bond donors (Lipinski definition) is 2. The van der Waals surface area contributed by atoms with Crippen molar-refractivity contribution in [1.82, 2.24) is 15.3 Å². The molecule has 1 saturated carbocycles. The monoisotopic (exact) mass is 569 g/mol. The molecule has 0 radical (unpaired) electrons. The molecule has 2 fully saturated rings. The van der Waals surface area contributed by atoms with Crippen LogP contribution in [0.4, 0.5) is 21.2 Å². The number of rotatable bonds is 4. The summed E-state index contributed by atoms with van der Waals surface area (Å²) in [5.41, 5.74) is -1.09. The SMILES string of the molecule is COc1c(NC2=CC(C)=C3C(=O)NC4(CCCCC4)C3C2=O)ncnc1N(C(=O)OC(C)(C)C)C(=O)OC(C)(C)C. The quantitative estimate of drug-likeness (QED) is 0.517. The van der Waals surface area contributed by atoms with Gasteiger partial charge in [-0.05, 0) is 73.0 Å². The van der Waals surface area contributed by atoms with Crippen molar-refractivity contribution in [2.45, 2.75) is 97.3 Å². The van der Waals surface area contributed by atoms with Crippen LogP contribution in [0, 0.1) is 5.92 Å². The summed E-state index contributed by atoms with van der Waals surface area (Å²) in [6.07, 6.45) is 5.05. The molecule has 1 atom stereocenters. The van der Waals surface area contributed by atoms with Crippen LogP contribution in [0.1, 0.15) is 80.6 Å². The highest BCUT2D eigenvalue weighted by atomic mass is 16.6. The standard InChI is InChI=1S/C29H39N5O7/c1-16-14-17(20(35)19-18(16)24(36)33-29(19)12-10-9-11-13-29)32-22-21(39-8)23(31-15-30-22)34(25(37)40-27(2,3)4)26(38)41-28(5,6)7/h14-15,19H,9-13H2,1-8H3,(H,33,36)(H,30,31,32). The van der Waals surface area contributed by atoms with Gasteiger partial charge in [-0.15, -0.1) is 0 Å². The predicted molar refractivity (Wildman–Crippen MR) is 150 cm³/mol. The lowest BCUT2D eigenvalue weighted by molar-refractivity contribution is -0.120. The fraction of sp³-hybridized carbons (Fsp3) is 0.586. The third-order valence-electron chi connectivity index (χ3n) is 7.11. The van der Waals surface area contributed by atoms with Gasteiger partial charge in [0.2, 0.25) is 11.7 Å². The number of carbonyl (C=O) groups is 4. The fourth-order valence-corrected chi connectivity index (χ4v) is 5.57. The van der Waals surface area contributed by atoms with Gasteiger partial charge < -0.3 is 24.8 Å². The molecular formula is C29H39N5O7. The minimum atomic E-state index is -1.03. The van der Waals surface area contributed by atoms with Crippen molar-refractivity contribution in [3.05, 3.63) is 29.2 Å². The first kappa shape index (κ1) is 30.0. The number of ether oxygens (including phenoxy) is 3. The molecule has 1 aromatic rings. The van der Waals surface area contributed by atoms with Crippen LogP contribution >= 0.6 is 0 Å². The summed E-state index contributed by atoms with van der Waals surface area (Å²) >= 11 is 0. The molecule has 2 N–H and O–H groups in total. The zero-order chi connectivity index (χ0) is 30.3. The van der Waals surface area contributed by atoms with E-state index < -0.39 is 34.8 Å². The van der Waals surface area contributed by atoms with E-state index in [1.807, 2.05) is 0 Å². The summed E-state index contributed by atoms with van der Waals surface area (Å²) < 4.78 is 16.5. The molecule has 3 amide bonds. The maximum Gasteiger partial charge on any atom is 0.425 e. The number of hydrogen-bond acceptors (Lipinski definition) is 10. The van der Waals surface area contributed by atoms with Crippen molar-refractivity contribution in [3.8, 4) is 5.75 Å². The minimum absolute atomic E-state index is 0.0421. The molecule has 222 valence electrons. The van der Waals surface area contributed by atoms with Crippen molar-refractivity contribution in [2.75, 3.05) is 17.3 Å². The average molecular weight is 570 g/mol. The topological polar surface area (TPSA) is 149 Å². The molecular weight excluding hydrogens is 530 g/mol. The van der Waals surface area contributed by atoms with E-state index in [9.17, 15) is 19.2 Å². The average Bonchev–Trinajstić information content (AvgIpc) is 3.12. The number of Topliss-reactive ketones (excluding diaryl/α,β-unsaturated/α-hetero) is 1. The van der Waals surface area contributed by atoms with Crippen molar-refractivity contribution in [3.63, 3.8) is 0 Å². The Bertz CT molecular complexity index is 1300. The third-order valence-corrected chi connectivity index (χ3v) is 7.11. The van der Waals surface area contributed by atoms with Crippen molar-refractivity contribution >= 4 is 35.5 Å². The predicted octanol–water partition coefficient (Wildman–Crippen LogP) is 4.81. The van der Waals surface area contributed by atoms with Crippen molar-refractivity contribution in [1.29, 1.82) is 0 Å². The van der Waals surface area contributed by atoms with E-state index in [2.05, 4.69) is 20.6 Å². The van der Waals surface area contributed by atoms with Crippen LogP contribution in [0.3, 0.4) is 0 Å². The van der Waals surface area contributed by atoms with E-state index in [0.717, 1.165) is 38.4 Å². The molecule has 0 aromatic carbocycles. The molecule has 41 heavy (non-hydrogen) atoms. The van der Waals surface area contributed by atoms with Gasteiger partial charge in [0.15, 0.2) is 17.4 Å². The van der Waals surface area contributed by atoms with E-state index in [-0.39, 0.29) is 34.8 Å². The molecule has 12 nitrogen and oxygen atoms in total. The number of anilines is 2. The number of methoxy groups -OCH3 is 1. The number of imide groups is 1. The Labute approximate surface area is 239 Å². The van der Waals surface area contributed by atoms with Crippen LogP contribution in [-0.4, -0.2) is 57.7 Å². The highest BCUT2D eigenvalue weighted by molar-refractivity contribution is 6.14. The van der Waals surface area contributed by atoms with Gasteiger partial charge in [-0.25, -0.2) is 19.6 Å². The maximum absolute atomic E-state index is 13.9. The Morgan fingerprint density at radius 2 is 1.59 bits per heavy atom. The van der Waals surface area contributed by atoms with Gasteiger partial charge in [-0.1, -0.05) is 19.3 Å². The van der Waals surface area contributed by atoms with Crippen LogP contribution in [0.15, 0.2) is 29.2 Å². The molecule has 12 heteroatoms. The molecule has 1 aliphatic heterocycles. The van der Waals surface area contributed by atoms with Gasteiger partial charge in [-0.3, -0.25) is 9.59 Å². The molecule has 2 aliphatic carbocycles. The summed E-state index contributed by atoms with van der Waals surface area (Å²) in [7, 11) is 1.33. The zero-order valence-electron chi connectivity index (χ0n) is 25.0. The maximum atomic E-state index is 13.9. The third kappa shape index (κ3) is 6.06. The second-order valence-electron chi connectivity index (χ2n) is 12.6. The fourth-order valence-electron chi connectivity index (χ4n) is 5.57. The van der Waals surface area contributed by atoms with Gasteiger partial charge in [0.05, 0.1) is 24.3 Å². The molecule has 1 aromatic heterocycles. The summed E-state index contributed by atoms with van der Waals surface area (Å²) in [5, 5.41) is 6.16. The van der Waals surface area contributed by atoms with Crippen LogP contribution in [0.2, 0.25) is 0 Å². The Kier molecular flexibility index (Phi) is 7.90. The number of nitrogens with zero attached hydrogens (tertiary/aromatic N) is 3. The molecule has 1 saturated heterocycles. The van der Waals surface area contributed by atoms with E-state index in [1.54, 1.807) is 54.5 Å². The Balaban J connectivity index is 1.74. The van der Waals surface area contributed by atoms with Gasteiger partial charge in [0.25, 0.3) is 0 Å². The van der Waals surface area contributed by atoms with E-state index in [0.29, 0.717) is 16.0 Å². The summed E-state index contributed by atoms with van der Waals surface area (Å²) in [6, 6.07) is 0. The van der Waals surface area contributed by atoms with Crippen molar-refractivity contribution in [2.24, 2.45) is 5.92 Å². The van der Waals surface area contributed by atoms with Gasteiger partial charge in [0, 0.05) is 5.57 Å². The van der Waals surface area contributed by atoms with Crippen LogP contribution in [0.5, 0.6) is 5.75 Å². The number of aromatic nitrogens is 2. The summed E-state index contributed by atoms with van der Waals surface area (Å²) in [5.74, 6) is -1.35. The lowest BCUT2D eigenvalue weighted by Crippen LogP contribution is -2.50. The first-order chi connectivity index (χ1) is 19.1. The van der Waals surface area contributed by atoms with Gasteiger partial charge >= 0.3 is 12.2 Å². The lowest BCUT2D eigenvalue weighted by atomic mass is 9.68. The van der Waals surface area contributed by atoms with E-state index in [4.69, 9.17) is 14.2 Å². The smallest absolute Gasteiger partial charge is 0.425 e. The number of allylic oxidation sites excluding steroid dienone is 3. The minimum Gasteiger partial charge on any atom is -0.490 e.